The molecule has 2 rings (SSSR count). The van der Waals surface area contributed by atoms with Gasteiger partial charge in [0.05, 0.1) is 0 Å². The van der Waals surface area contributed by atoms with Crippen molar-refractivity contribution in [2.24, 2.45) is 18.9 Å². The zero-order valence-corrected chi connectivity index (χ0v) is 9.31. The minimum Gasteiger partial charge on any atom is -0.290 e. The topological polar surface area (TPSA) is 47.8 Å². The number of carbonyl (C=O) groups excluding carboxylic acids is 1. The zero-order chi connectivity index (χ0) is 10.8. The van der Waals surface area contributed by atoms with Crippen LogP contribution in [0, 0.1) is 11.8 Å². The zero-order valence-electron chi connectivity index (χ0n) is 9.31. The molecular weight excluding hydrogens is 190 g/mol. The average Bonchev–Trinajstić information content (AvgIpc) is 2.84. The maximum absolute atomic E-state index is 12.1. The molecule has 0 N–H and O–H groups in total. The fourth-order valence-electron chi connectivity index (χ4n) is 2.39. The third kappa shape index (κ3) is 1.94. The minimum atomic E-state index is 0.172. The third-order valence-corrected chi connectivity index (χ3v) is 3.42. The average molecular weight is 207 g/mol. The maximum atomic E-state index is 12.1. The molecule has 0 aliphatic heterocycles. The highest BCUT2D eigenvalue weighted by Gasteiger charge is 2.31. The van der Waals surface area contributed by atoms with Gasteiger partial charge in [0, 0.05) is 13.0 Å². The lowest BCUT2D eigenvalue weighted by Crippen LogP contribution is -2.17. The Morgan fingerprint density at radius 1 is 1.60 bits per heavy atom. The molecule has 4 heteroatoms. The lowest BCUT2D eigenvalue weighted by Gasteiger charge is -2.07. The van der Waals surface area contributed by atoms with Crippen LogP contribution in [0.3, 0.4) is 0 Å². The van der Waals surface area contributed by atoms with E-state index in [0.29, 0.717) is 5.82 Å². The Kier molecular flexibility index (Phi) is 2.84. The van der Waals surface area contributed by atoms with Gasteiger partial charge in [-0.15, -0.1) is 0 Å². The summed E-state index contributed by atoms with van der Waals surface area (Å²) >= 11 is 0. The SMILES string of the molecule is CCC1CCC(C(=O)c2ncnn2C)C1. The van der Waals surface area contributed by atoms with Crippen LogP contribution in [0.25, 0.3) is 0 Å². The molecule has 1 aromatic heterocycles. The second-order valence-electron chi connectivity index (χ2n) is 4.36. The van der Waals surface area contributed by atoms with Gasteiger partial charge in [0.2, 0.25) is 5.78 Å². The highest BCUT2D eigenvalue weighted by atomic mass is 16.1. The van der Waals surface area contributed by atoms with Crippen LogP contribution in [-0.4, -0.2) is 20.5 Å². The minimum absolute atomic E-state index is 0.172. The van der Waals surface area contributed by atoms with Gasteiger partial charge in [-0.2, -0.15) is 5.10 Å². The van der Waals surface area contributed by atoms with Crippen LogP contribution in [0.15, 0.2) is 6.33 Å². The van der Waals surface area contributed by atoms with Crippen molar-refractivity contribution < 1.29 is 4.79 Å². The van der Waals surface area contributed by atoms with Crippen LogP contribution in [0.4, 0.5) is 0 Å². The van der Waals surface area contributed by atoms with Crippen LogP contribution in [0.2, 0.25) is 0 Å². The number of aryl methyl sites for hydroxylation is 1. The molecule has 0 aromatic carbocycles. The van der Waals surface area contributed by atoms with Gasteiger partial charge >= 0.3 is 0 Å². The molecule has 4 nitrogen and oxygen atoms in total. The Bertz CT molecular complexity index is 358. The molecule has 1 aromatic rings. The van der Waals surface area contributed by atoms with E-state index in [9.17, 15) is 4.79 Å². The fourth-order valence-corrected chi connectivity index (χ4v) is 2.39. The van der Waals surface area contributed by atoms with Crippen LogP contribution >= 0.6 is 0 Å². The van der Waals surface area contributed by atoms with Crippen molar-refractivity contribution in [1.82, 2.24) is 14.8 Å². The molecule has 0 saturated heterocycles. The monoisotopic (exact) mass is 207 g/mol. The van der Waals surface area contributed by atoms with E-state index in [1.807, 2.05) is 0 Å². The first-order valence-corrected chi connectivity index (χ1v) is 5.60. The number of ketones is 1. The molecule has 0 spiro atoms. The van der Waals surface area contributed by atoms with E-state index in [0.717, 1.165) is 18.8 Å². The molecule has 2 atom stereocenters. The largest absolute Gasteiger partial charge is 0.290 e. The number of hydrogen-bond acceptors (Lipinski definition) is 3. The van der Waals surface area contributed by atoms with E-state index in [4.69, 9.17) is 0 Å². The number of aromatic nitrogens is 3. The summed E-state index contributed by atoms with van der Waals surface area (Å²) in [5, 5.41) is 3.93. The van der Waals surface area contributed by atoms with Crippen LogP contribution in [0.5, 0.6) is 0 Å². The van der Waals surface area contributed by atoms with Crippen LogP contribution in [0.1, 0.15) is 43.2 Å². The van der Waals surface area contributed by atoms with E-state index in [-0.39, 0.29) is 11.7 Å². The molecule has 1 saturated carbocycles. The van der Waals surface area contributed by atoms with Crippen molar-refractivity contribution in [3.8, 4) is 0 Å². The van der Waals surface area contributed by atoms with Crippen molar-refractivity contribution in [3.05, 3.63) is 12.2 Å². The predicted octanol–water partition coefficient (Wildman–Crippen LogP) is 1.82. The van der Waals surface area contributed by atoms with Gasteiger partial charge < -0.3 is 0 Å². The summed E-state index contributed by atoms with van der Waals surface area (Å²) in [4.78, 5) is 16.1. The summed E-state index contributed by atoms with van der Waals surface area (Å²) in [5.41, 5.74) is 0. The number of rotatable bonds is 3. The molecule has 1 heterocycles. The summed E-state index contributed by atoms with van der Waals surface area (Å²) < 4.78 is 1.57. The smallest absolute Gasteiger partial charge is 0.202 e. The van der Waals surface area contributed by atoms with Crippen molar-refractivity contribution in [3.63, 3.8) is 0 Å². The molecule has 82 valence electrons. The predicted molar refractivity (Wildman–Crippen MR) is 56.5 cm³/mol. The van der Waals surface area contributed by atoms with Gasteiger partial charge in [0.1, 0.15) is 6.33 Å². The molecule has 1 aliphatic rings. The Morgan fingerprint density at radius 2 is 2.40 bits per heavy atom. The van der Waals surface area contributed by atoms with Gasteiger partial charge in [-0.3, -0.25) is 4.79 Å². The summed E-state index contributed by atoms with van der Waals surface area (Å²) in [6.45, 7) is 2.19. The Hall–Kier alpha value is -1.19. The lowest BCUT2D eigenvalue weighted by atomic mass is 9.99. The molecule has 2 unspecified atom stereocenters. The van der Waals surface area contributed by atoms with Crippen molar-refractivity contribution in [2.75, 3.05) is 0 Å². The summed E-state index contributed by atoms with van der Waals surface area (Å²) in [5.74, 6) is 1.59. The molecular formula is C11H17N3O. The molecule has 1 fully saturated rings. The number of carbonyl (C=O) groups is 1. The normalized spacial score (nSPS) is 25.7. The van der Waals surface area contributed by atoms with Gasteiger partial charge in [0.15, 0.2) is 5.82 Å². The maximum Gasteiger partial charge on any atom is 0.202 e. The highest BCUT2D eigenvalue weighted by molar-refractivity contribution is 5.94. The Balaban J connectivity index is 2.07. The summed E-state index contributed by atoms with van der Waals surface area (Å²) in [6.07, 6.45) is 5.86. The van der Waals surface area contributed by atoms with E-state index >= 15 is 0 Å². The standard InChI is InChI=1S/C11H17N3O/c1-3-8-4-5-9(6-8)10(15)11-12-7-13-14(11)2/h7-9H,3-6H2,1-2H3. The number of Topliss-reactive ketones (excluding diaryl/α,β-unsaturated/α-hetero) is 1. The Morgan fingerprint density at radius 3 is 2.93 bits per heavy atom. The van der Waals surface area contributed by atoms with E-state index in [1.165, 1.54) is 19.2 Å². The Labute approximate surface area is 89.7 Å². The molecule has 0 radical (unpaired) electrons. The van der Waals surface area contributed by atoms with Gasteiger partial charge in [-0.25, -0.2) is 9.67 Å². The first kappa shape index (κ1) is 10.3. The van der Waals surface area contributed by atoms with Gasteiger partial charge in [-0.05, 0) is 25.2 Å². The third-order valence-electron chi connectivity index (χ3n) is 3.42. The second kappa shape index (κ2) is 4.13. The first-order valence-electron chi connectivity index (χ1n) is 5.60. The molecule has 1 aliphatic carbocycles. The highest BCUT2D eigenvalue weighted by Crippen LogP contribution is 2.34. The lowest BCUT2D eigenvalue weighted by molar-refractivity contribution is 0.0905. The van der Waals surface area contributed by atoms with E-state index in [2.05, 4.69) is 17.0 Å². The molecule has 0 bridgehead atoms. The van der Waals surface area contributed by atoms with Gasteiger partial charge in [0.25, 0.3) is 0 Å². The molecule has 15 heavy (non-hydrogen) atoms. The fraction of sp³-hybridized carbons (Fsp3) is 0.727. The number of hydrogen-bond donors (Lipinski definition) is 0. The summed E-state index contributed by atoms with van der Waals surface area (Å²) in [6, 6.07) is 0. The quantitative estimate of drug-likeness (QED) is 0.710. The number of nitrogens with zero attached hydrogens (tertiary/aromatic N) is 3. The van der Waals surface area contributed by atoms with Gasteiger partial charge in [-0.1, -0.05) is 13.3 Å². The van der Waals surface area contributed by atoms with E-state index < -0.39 is 0 Å². The van der Waals surface area contributed by atoms with Crippen LogP contribution in [-0.2, 0) is 7.05 Å². The first-order chi connectivity index (χ1) is 7.22. The summed E-state index contributed by atoms with van der Waals surface area (Å²) in [7, 11) is 1.77. The van der Waals surface area contributed by atoms with Crippen molar-refractivity contribution in [2.45, 2.75) is 32.6 Å². The van der Waals surface area contributed by atoms with E-state index in [1.54, 1.807) is 11.7 Å². The second-order valence-corrected chi connectivity index (χ2v) is 4.36. The van der Waals surface area contributed by atoms with Crippen LogP contribution < -0.4 is 0 Å². The van der Waals surface area contributed by atoms with Crippen molar-refractivity contribution in [1.29, 1.82) is 0 Å². The van der Waals surface area contributed by atoms with Crippen molar-refractivity contribution >= 4 is 5.78 Å². The molecule has 0 amide bonds.